The molecule has 89 heavy (non-hydrogen) atoms. The Morgan fingerprint density at radius 3 is 1.27 bits per heavy atom. The first kappa shape index (κ1) is 83.3. The van der Waals surface area contributed by atoms with Crippen molar-refractivity contribution in [1.29, 1.82) is 0 Å². The van der Waals surface area contributed by atoms with E-state index in [1.54, 1.807) is 0 Å². The zero-order chi connectivity index (χ0) is 65.2. The minimum atomic E-state index is -5.32. The molecule has 12 atom stereocenters. The van der Waals surface area contributed by atoms with Crippen LogP contribution < -0.4 is 10.6 Å². The van der Waals surface area contributed by atoms with E-state index in [4.69, 9.17) is 28.2 Å². The zero-order valence-electron chi connectivity index (χ0n) is 56.4. The fourth-order valence-electron chi connectivity index (χ4n) is 12.3. The molecule has 2 saturated heterocycles. The van der Waals surface area contributed by atoms with E-state index >= 15 is 0 Å². The third-order valence-electron chi connectivity index (χ3n) is 17.8. The summed E-state index contributed by atoms with van der Waals surface area (Å²) in [4.78, 5) is 60.7. The van der Waals surface area contributed by atoms with Gasteiger partial charge >= 0.3 is 13.8 Å². The van der Waals surface area contributed by atoms with Gasteiger partial charge in [0, 0.05) is 13.0 Å². The Balaban J connectivity index is 2.22. The van der Waals surface area contributed by atoms with Crippen LogP contribution in [0, 0.1) is 0 Å². The lowest BCUT2D eigenvalue weighted by Crippen LogP contribution is -2.67. The van der Waals surface area contributed by atoms with Gasteiger partial charge in [0.1, 0.15) is 54.8 Å². The predicted molar refractivity (Wildman–Crippen MR) is 351 cm³/mol. The third kappa shape index (κ3) is 41.6. The van der Waals surface area contributed by atoms with Crippen LogP contribution in [-0.2, 0) is 47.2 Å². The molecule has 20 heteroatoms. The molecule has 2 amide bonds. The predicted octanol–water partition coefficient (Wildman–Crippen LogP) is 13.7. The van der Waals surface area contributed by atoms with Gasteiger partial charge in [-0.25, -0.2) is 4.57 Å². The lowest BCUT2D eigenvalue weighted by Gasteiger charge is -2.45. The number of unbranched alkanes of at least 4 members (excludes halogenated alkanes) is 38. The van der Waals surface area contributed by atoms with Crippen molar-refractivity contribution in [2.24, 2.45) is 0 Å². The first-order valence-corrected chi connectivity index (χ1v) is 38.0. The maximum absolute atomic E-state index is 14.1. The van der Waals surface area contributed by atoms with Gasteiger partial charge in [0.25, 0.3) is 0 Å². The van der Waals surface area contributed by atoms with Crippen molar-refractivity contribution in [3.05, 3.63) is 0 Å². The number of phosphoric acid groups is 1. The second-order valence-corrected chi connectivity index (χ2v) is 27.3. The molecule has 19 nitrogen and oxygen atoms in total. The number of hydrogen-bond acceptors (Lipinski definition) is 15. The number of carbonyl (C=O) groups is 3. The average molecular weight is 1290 g/mol. The molecule has 0 bridgehead atoms. The number of hydrogen-bond donors (Lipinski definition) is 9. The molecule has 0 aromatic heterocycles. The monoisotopic (exact) mass is 1290 g/mol. The summed E-state index contributed by atoms with van der Waals surface area (Å²) in [5.41, 5.74) is 0. The van der Waals surface area contributed by atoms with Crippen LogP contribution >= 0.6 is 7.82 Å². The number of phosphoric ester groups is 1. The second-order valence-electron chi connectivity index (χ2n) is 26.1. The molecule has 9 N–H and O–H groups in total. The molecule has 2 rings (SSSR count). The number of esters is 1. The van der Waals surface area contributed by atoms with E-state index in [0.29, 0.717) is 32.1 Å². The molecule has 2 aliphatic heterocycles. The van der Waals surface area contributed by atoms with Crippen LogP contribution in [0.1, 0.15) is 329 Å². The molecule has 0 saturated carbocycles. The third-order valence-corrected chi connectivity index (χ3v) is 18.3. The molecule has 0 spiro atoms. The molecule has 0 radical (unpaired) electrons. The van der Waals surface area contributed by atoms with E-state index in [9.17, 15) is 54.3 Å². The molecule has 0 aromatic rings. The highest BCUT2D eigenvalue weighted by Gasteiger charge is 2.51. The van der Waals surface area contributed by atoms with E-state index in [0.717, 1.165) is 96.3 Å². The Bertz CT molecular complexity index is 1750. The Morgan fingerprint density at radius 1 is 0.461 bits per heavy atom. The fraction of sp³-hybridized carbons (Fsp3) is 0.957. The largest absolute Gasteiger partial charge is 0.470 e. The Morgan fingerprint density at radius 2 is 0.831 bits per heavy atom. The summed E-state index contributed by atoms with van der Waals surface area (Å²) in [6, 6.07) is -2.86. The molecule has 0 aromatic carbocycles. The quantitative estimate of drug-likeness (QED) is 0.0155. The van der Waals surface area contributed by atoms with E-state index in [2.05, 4.69) is 38.3 Å². The number of rotatable bonds is 60. The highest BCUT2D eigenvalue weighted by Crippen LogP contribution is 2.42. The summed E-state index contributed by atoms with van der Waals surface area (Å²) in [5, 5.41) is 61.9. The molecule has 526 valence electrons. The summed E-state index contributed by atoms with van der Waals surface area (Å²) in [6.45, 7) is 7.56. The lowest BCUT2D eigenvalue weighted by molar-refractivity contribution is -0.302. The SMILES string of the molecule is CCCCCCCCCCCCCCCCCO[C@H]1O[C@H](CO[C@@H]2O[C@H](CO)[C@@H](OP(=O)(O)O)[C@H](O)[C@H]2NC(=O)C[C@@H](CCCCCCCCCCC)OC(=O)CCCCCCCCCCC)[C@@H](O)[C@H](O)[C@H]1NC(=O)C[C@H](O)CCCCCCCCCCC. The van der Waals surface area contributed by atoms with E-state index in [-0.39, 0.29) is 25.9 Å². The number of carbonyl (C=O) groups excluding carboxylic acids is 3. The van der Waals surface area contributed by atoms with Crippen LogP contribution in [0.25, 0.3) is 0 Å². The summed E-state index contributed by atoms with van der Waals surface area (Å²) in [7, 11) is -5.32. The van der Waals surface area contributed by atoms with Gasteiger partial charge in [0.15, 0.2) is 12.6 Å². The smallest absolute Gasteiger partial charge is 0.462 e. The minimum Gasteiger partial charge on any atom is -0.462 e. The molecular formula is C69H133N2O17P. The summed E-state index contributed by atoms with van der Waals surface area (Å²) < 4.78 is 47.8. The Labute approximate surface area is 539 Å². The van der Waals surface area contributed by atoms with Gasteiger partial charge in [-0.1, -0.05) is 278 Å². The van der Waals surface area contributed by atoms with Gasteiger partial charge < -0.3 is 69.6 Å². The van der Waals surface area contributed by atoms with Gasteiger partial charge in [0.2, 0.25) is 11.8 Å². The highest BCUT2D eigenvalue weighted by molar-refractivity contribution is 7.46. The summed E-state index contributed by atoms with van der Waals surface area (Å²) >= 11 is 0. The van der Waals surface area contributed by atoms with Crippen molar-refractivity contribution in [3.63, 3.8) is 0 Å². The zero-order valence-corrected chi connectivity index (χ0v) is 57.3. The van der Waals surface area contributed by atoms with Crippen molar-refractivity contribution in [2.45, 2.75) is 403 Å². The van der Waals surface area contributed by atoms with Crippen molar-refractivity contribution in [3.8, 4) is 0 Å². The van der Waals surface area contributed by atoms with Crippen molar-refractivity contribution in [2.75, 3.05) is 19.8 Å². The number of ether oxygens (including phenoxy) is 5. The maximum Gasteiger partial charge on any atom is 0.470 e. The van der Waals surface area contributed by atoms with Gasteiger partial charge in [-0.2, -0.15) is 0 Å². The van der Waals surface area contributed by atoms with Crippen LogP contribution in [0.2, 0.25) is 0 Å². The average Bonchev–Trinajstić information content (AvgIpc) is 1.82. The Kier molecular flexibility index (Phi) is 50.9. The Hall–Kier alpha value is -1.84. The number of aliphatic hydroxyl groups excluding tert-OH is 5. The van der Waals surface area contributed by atoms with Gasteiger partial charge in [-0.05, 0) is 32.1 Å². The van der Waals surface area contributed by atoms with E-state index in [1.807, 2.05) is 0 Å². The van der Waals surface area contributed by atoms with Gasteiger partial charge in [-0.15, -0.1) is 0 Å². The molecule has 0 unspecified atom stereocenters. The second kappa shape index (κ2) is 54.4. The van der Waals surface area contributed by atoms with Gasteiger partial charge in [-0.3, -0.25) is 18.9 Å². The topological polar surface area (TPSA) is 289 Å². The van der Waals surface area contributed by atoms with E-state index in [1.165, 1.54) is 154 Å². The molecule has 0 aliphatic carbocycles. The molecule has 2 fully saturated rings. The van der Waals surface area contributed by atoms with Crippen LogP contribution in [0.4, 0.5) is 0 Å². The van der Waals surface area contributed by atoms with Crippen molar-refractivity contribution in [1.82, 2.24) is 10.6 Å². The van der Waals surface area contributed by atoms with Crippen LogP contribution in [0.3, 0.4) is 0 Å². The van der Waals surface area contributed by atoms with Crippen molar-refractivity contribution < 1.29 is 82.5 Å². The van der Waals surface area contributed by atoms with Gasteiger partial charge in [0.05, 0.1) is 32.2 Å². The van der Waals surface area contributed by atoms with Crippen molar-refractivity contribution >= 4 is 25.6 Å². The van der Waals surface area contributed by atoms with Crippen LogP contribution in [0.5, 0.6) is 0 Å². The summed E-state index contributed by atoms with van der Waals surface area (Å²) in [6.07, 6.45) is 32.7. The molecular weight excluding hydrogens is 1160 g/mol. The minimum absolute atomic E-state index is 0.200. The number of amides is 2. The first-order valence-electron chi connectivity index (χ1n) is 36.5. The normalized spacial score (nSPS) is 22.9. The molecule has 2 aliphatic rings. The number of aliphatic hydroxyl groups is 5. The van der Waals surface area contributed by atoms with Crippen LogP contribution in [0.15, 0.2) is 0 Å². The fourth-order valence-corrected chi connectivity index (χ4v) is 12.9. The molecule has 2 heterocycles. The first-order chi connectivity index (χ1) is 43.1. The van der Waals surface area contributed by atoms with E-state index < -0.39 is 112 Å². The van der Waals surface area contributed by atoms with Crippen LogP contribution in [-0.4, -0.2) is 146 Å². The standard InChI is InChI=1S/C69H133N2O17P/c1-5-9-13-17-21-25-26-27-28-29-30-34-38-42-46-50-83-68-62(70-59(74)51-55(73)47-43-39-35-31-22-18-14-10-6-2)65(78)64(77)58(87-68)54-84-69-63(66(79)67(57(53-72)86-69)88-89(80,81)82)71-60(75)52-56(48-44-40-36-32-23-19-15-11-7-3)85-61(76)49-45-41-37-33-24-20-16-12-8-4/h55-58,62-69,72-73,77-79H,5-54H2,1-4H3,(H,70,74)(H,71,75)(H2,80,81,82)/t55-,56-,57-,58-,62-,63-,64-,65-,66-,67-,68+,69-/m1/s1. The number of nitrogens with one attached hydrogen (secondary N) is 2. The lowest BCUT2D eigenvalue weighted by atomic mass is 9.95. The maximum atomic E-state index is 14.1. The summed E-state index contributed by atoms with van der Waals surface area (Å²) in [5.74, 6) is -1.68. The highest BCUT2D eigenvalue weighted by atomic mass is 31.2.